The summed E-state index contributed by atoms with van der Waals surface area (Å²) in [6, 6.07) is 8.10. The Morgan fingerprint density at radius 2 is 2.42 bits per heavy atom. The fraction of sp³-hybridized carbons (Fsp3) is 0.600. The molecule has 0 amide bonds. The molecule has 1 heterocycles. The molecule has 19 heavy (non-hydrogen) atoms. The van der Waals surface area contributed by atoms with Crippen LogP contribution in [0.1, 0.15) is 30.0 Å². The molecule has 1 aromatic carbocycles. The number of ether oxygens (including phenoxy) is 2. The molecular weight excluding hydrogens is 242 g/mol. The highest BCUT2D eigenvalue weighted by atomic mass is 16.5. The summed E-state index contributed by atoms with van der Waals surface area (Å²) in [5.41, 5.74) is 2.22. The number of hydrogen-bond donors (Lipinski definition) is 2. The van der Waals surface area contributed by atoms with E-state index in [2.05, 4.69) is 11.4 Å². The van der Waals surface area contributed by atoms with Gasteiger partial charge in [0.15, 0.2) is 0 Å². The summed E-state index contributed by atoms with van der Waals surface area (Å²) >= 11 is 0. The Morgan fingerprint density at radius 3 is 3.11 bits per heavy atom. The summed E-state index contributed by atoms with van der Waals surface area (Å²) in [6.07, 6.45) is 2.53. The molecule has 106 valence electrons. The number of methoxy groups -OCH3 is 1. The minimum absolute atomic E-state index is 0.0407. The van der Waals surface area contributed by atoms with Crippen LogP contribution in [0.2, 0.25) is 0 Å². The largest absolute Gasteiger partial charge is 0.394 e. The van der Waals surface area contributed by atoms with E-state index < -0.39 is 0 Å². The first-order valence-corrected chi connectivity index (χ1v) is 6.87. The first-order chi connectivity index (χ1) is 9.33. The maximum atomic E-state index is 9.54. The van der Waals surface area contributed by atoms with Crippen molar-refractivity contribution in [1.29, 1.82) is 0 Å². The Kier molecular flexibility index (Phi) is 5.79. The molecule has 2 unspecified atom stereocenters. The topological polar surface area (TPSA) is 50.7 Å². The van der Waals surface area contributed by atoms with Gasteiger partial charge in [-0.05, 0) is 24.0 Å². The molecule has 2 rings (SSSR count). The van der Waals surface area contributed by atoms with Crippen LogP contribution < -0.4 is 5.32 Å². The van der Waals surface area contributed by atoms with E-state index in [-0.39, 0.29) is 18.8 Å². The third-order valence-electron chi connectivity index (χ3n) is 3.46. The van der Waals surface area contributed by atoms with Crippen LogP contribution in [0.4, 0.5) is 0 Å². The summed E-state index contributed by atoms with van der Waals surface area (Å²) in [6.45, 7) is 2.33. The minimum atomic E-state index is -0.0407. The van der Waals surface area contributed by atoms with E-state index in [1.807, 2.05) is 18.2 Å². The van der Waals surface area contributed by atoms with Crippen molar-refractivity contribution in [2.45, 2.75) is 31.6 Å². The van der Waals surface area contributed by atoms with Crippen molar-refractivity contribution in [1.82, 2.24) is 5.32 Å². The van der Waals surface area contributed by atoms with Gasteiger partial charge in [0, 0.05) is 20.3 Å². The Balaban J connectivity index is 1.93. The Hall–Kier alpha value is -0.940. The van der Waals surface area contributed by atoms with Gasteiger partial charge in [-0.3, -0.25) is 0 Å². The summed E-state index contributed by atoms with van der Waals surface area (Å²) in [5, 5.41) is 12.9. The molecular formula is C15H23NO3. The molecule has 0 saturated carbocycles. The lowest BCUT2D eigenvalue weighted by Crippen LogP contribution is -2.32. The number of aliphatic hydroxyl groups excluding tert-OH is 1. The number of hydrogen-bond acceptors (Lipinski definition) is 4. The summed E-state index contributed by atoms with van der Waals surface area (Å²) < 4.78 is 10.7. The average molecular weight is 265 g/mol. The van der Waals surface area contributed by atoms with Crippen LogP contribution in [-0.2, 0) is 16.1 Å². The maximum Gasteiger partial charge on any atom is 0.0713 e. The van der Waals surface area contributed by atoms with Gasteiger partial charge in [0.05, 0.1) is 25.4 Å². The average Bonchev–Trinajstić information content (AvgIpc) is 2.94. The van der Waals surface area contributed by atoms with E-state index in [9.17, 15) is 5.11 Å². The zero-order valence-electron chi connectivity index (χ0n) is 11.5. The van der Waals surface area contributed by atoms with Crippen molar-refractivity contribution in [2.75, 3.05) is 26.9 Å². The van der Waals surface area contributed by atoms with E-state index >= 15 is 0 Å². The number of rotatable bonds is 7. The highest BCUT2D eigenvalue weighted by Crippen LogP contribution is 2.17. The quantitative estimate of drug-likeness (QED) is 0.787. The van der Waals surface area contributed by atoms with Crippen LogP contribution in [0.5, 0.6) is 0 Å². The van der Waals surface area contributed by atoms with Gasteiger partial charge in [-0.1, -0.05) is 24.3 Å². The van der Waals surface area contributed by atoms with Crippen LogP contribution in [0, 0.1) is 0 Å². The fourth-order valence-corrected chi connectivity index (χ4v) is 2.43. The molecule has 4 nitrogen and oxygen atoms in total. The highest BCUT2D eigenvalue weighted by molar-refractivity contribution is 5.25. The number of benzene rings is 1. The second-order valence-corrected chi connectivity index (χ2v) is 4.96. The lowest BCUT2D eigenvalue weighted by atomic mass is 10.0. The second kappa shape index (κ2) is 7.60. The van der Waals surface area contributed by atoms with Crippen LogP contribution in [0.3, 0.4) is 0 Å². The van der Waals surface area contributed by atoms with Crippen LogP contribution in [-0.4, -0.2) is 38.1 Å². The molecule has 0 bridgehead atoms. The molecule has 0 aliphatic carbocycles. The molecule has 1 aromatic rings. The molecule has 0 radical (unpaired) electrons. The SMILES string of the molecule is COCc1cccc(C(CO)NCC2CCCO2)c1. The molecule has 0 aromatic heterocycles. The molecule has 1 aliphatic rings. The smallest absolute Gasteiger partial charge is 0.0713 e. The molecule has 2 atom stereocenters. The lowest BCUT2D eigenvalue weighted by molar-refractivity contribution is 0.104. The first-order valence-electron chi connectivity index (χ1n) is 6.87. The lowest BCUT2D eigenvalue weighted by Gasteiger charge is -2.19. The summed E-state index contributed by atoms with van der Waals surface area (Å²) in [7, 11) is 1.69. The van der Waals surface area contributed by atoms with Crippen molar-refractivity contribution in [3.05, 3.63) is 35.4 Å². The van der Waals surface area contributed by atoms with E-state index in [0.29, 0.717) is 6.61 Å². The Morgan fingerprint density at radius 1 is 1.53 bits per heavy atom. The second-order valence-electron chi connectivity index (χ2n) is 4.96. The predicted octanol–water partition coefficient (Wildman–Crippen LogP) is 1.64. The third-order valence-corrected chi connectivity index (χ3v) is 3.46. The molecule has 4 heteroatoms. The molecule has 0 spiro atoms. The predicted molar refractivity (Wildman–Crippen MR) is 74.0 cm³/mol. The van der Waals surface area contributed by atoms with Crippen LogP contribution >= 0.6 is 0 Å². The highest BCUT2D eigenvalue weighted by Gasteiger charge is 2.18. The molecule has 1 saturated heterocycles. The standard InChI is InChI=1S/C15H23NO3/c1-18-11-12-4-2-5-13(8-12)15(10-17)16-9-14-6-3-7-19-14/h2,4-5,8,14-17H,3,6-7,9-11H2,1H3. The van der Waals surface area contributed by atoms with Gasteiger partial charge in [0.2, 0.25) is 0 Å². The van der Waals surface area contributed by atoms with Crippen molar-refractivity contribution in [3.8, 4) is 0 Å². The number of nitrogens with one attached hydrogen (secondary N) is 1. The normalized spacial score (nSPS) is 20.6. The number of aliphatic hydroxyl groups is 1. The monoisotopic (exact) mass is 265 g/mol. The summed E-state index contributed by atoms with van der Waals surface area (Å²) in [4.78, 5) is 0. The Labute approximate surface area is 114 Å². The summed E-state index contributed by atoms with van der Waals surface area (Å²) in [5.74, 6) is 0. The third kappa shape index (κ3) is 4.28. The maximum absolute atomic E-state index is 9.54. The van der Waals surface area contributed by atoms with E-state index in [1.165, 1.54) is 0 Å². The fourth-order valence-electron chi connectivity index (χ4n) is 2.43. The van der Waals surface area contributed by atoms with Gasteiger partial charge in [-0.25, -0.2) is 0 Å². The molecule has 1 aliphatic heterocycles. The van der Waals surface area contributed by atoms with Gasteiger partial charge >= 0.3 is 0 Å². The zero-order chi connectivity index (χ0) is 13.5. The molecule has 1 fully saturated rings. The zero-order valence-corrected chi connectivity index (χ0v) is 11.5. The van der Waals surface area contributed by atoms with E-state index in [0.717, 1.165) is 37.1 Å². The van der Waals surface area contributed by atoms with Gasteiger partial charge in [-0.2, -0.15) is 0 Å². The minimum Gasteiger partial charge on any atom is -0.394 e. The van der Waals surface area contributed by atoms with Gasteiger partial charge < -0.3 is 19.9 Å². The van der Waals surface area contributed by atoms with Crippen molar-refractivity contribution in [2.24, 2.45) is 0 Å². The first kappa shape index (κ1) is 14.5. The van der Waals surface area contributed by atoms with Gasteiger partial charge in [-0.15, -0.1) is 0 Å². The van der Waals surface area contributed by atoms with Crippen molar-refractivity contribution >= 4 is 0 Å². The van der Waals surface area contributed by atoms with Gasteiger partial charge in [0.25, 0.3) is 0 Å². The van der Waals surface area contributed by atoms with Crippen molar-refractivity contribution < 1.29 is 14.6 Å². The Bertz CT molecular complexity index is 377. The van der Waals surface area contributed by atoms with Crippen molar-refractivity contribution in [3.63, 3.8) is 0 Å². The molecule has 2 N–H and O–H groups in total. The van der Waals surface area contributed by atoms with E-state index in [4.69, 9.17) is 9.47 Å². The van der Waals surface area contributed by atoms with E-state index in [1.54, 1.807) is 7.11 Å². The van der Waals surface area contributed by atoms with Crippen LogP contribution in [0.25, 0.3) is 0 Å². The van der Waals surface area contributed by atoms with Crippen LogP contribution in [0.15, 0.2) is 24.3 Å². The van der Waals surface area contributed by atoms with Gasteiger partial charge in [0.1, 0.15) is 0 Å².